The summed E-state index contributed by atoms with van der Waals surface area (Å²) in [5.41, 5.74) is 2.21. The van der Waals surface area contributed by atoms with Crippen LogP contribution in [-0.4, -0.2) is 22.5 Å². The number of aromatic nitrogens is 2. The molecule has 1 aromatic heterocycles. The summed E-state index contributed by atoms with van der Waals surface area (Å²) in [5, 5.41) is 4.17. The molecule has 120 valence electrons. The van der Waals surface area contributed by atoms with Crippen LogP contribution >= 0.6 is 0 Å². The average molecular weight is 322 g/mol. The highest BCUT2D eigenvalue weighted by molar-refractivity contribution is 5.93. The lowest BCUT2D eigenvalue weighted by Gasteiger charge is -2.08. The van der Waals surface area contributed by atoms with E-state index < -0.39 is 5.97 Å². The average Bonchev–Trinajstić information content (AvgIpc) is 3.31. The van der Waals surface area contributed by atoms with Crippen molar-refractivity contribution in [3.8, 4) is 17.2 Å². The van der Waals surface area contributed by atoms with Crippen LogP contribution in [0.5, 0.6) is 11.5 Å². The Balaban J connectivity index is 1.44. The van der Waals surface area contributed by atoms with Crippen molar-refractivity contribution in [3.63, 3.8) is 0 Å². The Bertz CT molecular complexity index is 857. The van der Waals surface area contributed by atoms with Gasteiger partial charge < -0.3 is 14.2 Å². The maximum Gasteiger partial charge on any atom is 0.342 e. The second-order valence-corrected chi connectivity index (χ2v) is 5.23. The highest BCUT2D eigenvalue weighted by atomic mass is 16.7. The maximum absolute atomic E-state index is 12.3. The van der Waals surface area contributed by atoms with Gasteiger partial charge in [0.1, 0.15) is 12.2 Å². The Morgan fingerprint density at radius 1 is 1.12 bits per heavy atom. The summed E-state index contributed by atoms with van der Waals surface area (Å²) in [6, 6.07) is 14.7. The Morgan fingerprint density at radius 2 is 2.00 bits per heavy atom. The SMILES string of the molecule is O=C(OCc1ccc(-n2cccn2)cc1)c1cccc2c1OCO2. The van der Waals surface area contributed by atoms with Crippen molar-refractivity contribution in [2.45, 2.75) is 6.61 Å². The van der Waals surface area contributed by atoms with Gasteiger partial charge in [-0.1, -0.05) is 18.2 Å². The highest BCUT2D eigenvalue weighted by Crippen LogP contribution is 2.35. The fourth-order valence-corrected chi connectivity index (χ4v) is 2.48. The second kappa shape index (κ2) is 6.08. The van der Waals surface area contributed by atoms with E-state index in [1.165, 1.54) is 0 Å². The van der Waals surface area contributed by atoms with Crippen LogP contribution in [0.2, 0.25) is 0 Å². The van der Waals surface area contributed by atoms with Crippen LogP contribution in [0, 0.1) is 0 Å². The number of hydrogen-bond acceptors (Lipinski definition) is 5. The van der Waals surface area contributed by atoms with Crippen molar-refractivity contribution in [3.05, 3.63) is 72.1 Å². The first-order valence-electron chi connectivity index (χ1n) is 7.46. The van der Waals surface area contributed by atoms with E-state index in [1.807, 2.05) is 36.5 Å². The van der Waals surface area contributed by atoms with E-state index in [0.717, 1.165) is 11.3 Å². The van der Waals surface area contributed by atoms with Gasteiger partial charge in [-0.25, -0.2) is 9.48 Å². The van der Waals surface area contributed by atoms with Crippen LogP contribution < -0.4 is 9.47 Å². The second-order valence-electron chi connectivity index (χ2n) is 5.23. The molecule has 2 aromatic carbocycles. The number of hydrogen-bond donors (Lipinski definition) is 0. The maximum atomic E-state index is 12.3. The number of ether oxygens (including phenoxy) is 3. The third-order valence-electron chi connectivity index (χ3n) is 3.69. The van der Waals surface area contributed by atoms with Gasteiger partial charge in [0.15, 0.2) is 11.5 Å². The summed E-state index contributed by atoms with van der Waals surface area (Å²) >= 11 is 0. The van der Waals surface area contributed by atoms with Crippen molar-refractivity contribution in [1.29, 1.82) is 0 Å². The Labute approximate surface area is 138 Å². The molecule has 4 rings (SSSR count). The summed E-state index contributed by atoms with van der Waals surface area (Å²) in [7, 11) is 0. The normalized spacial score (nSPS) is 12.2. The minimum absolute atomic E-state index is 0.120. The number of esters is 1. The number of rotatable bonds is 4. The number of para-hydroxylation sites is 1. The number of carbonyl (C=O) groups excluding carboxylic acids is 1. The first-order valence-corrected chi connectivity index (χ1v) is 7.46. The molecule has 24 heavy (non-hydrogen) atoms. The molecule has 0 amide bonds. The molecule has 3 aromatic rings. The molecule has 0 saturated carbocycles. The van der Waals surface area contributed by atoms with Crippen LogP contribution in [0.1, 0.15) is 15.9 Å². The lowest BCUT2D eigenvalue weighted by molar-refractivity contribution is 0.0468. The molecule has 0 bridgehead atoms. The molecule has 6 heteroatoms. The van der Waals surface area contributed by atoms with E-state index in [0.29, 0.717) is 17.1 Å². The van der Waals surface area contributed by atoms with E-state index in [-0.39, 0.29) is 13.4 Å². The van der Waals surface area contributed by atoms with E-state index in [9.17, 15) is 4.79 Å². The van der Waals surface area contributed by atoms with Gasteiger partial charge in [0.25, 0.3) is 0 Å². The fourth-order valence-electron chi connectivity index (χ4n) is 2.48. The Morgan fingerprint density at radius 3 is 2.79 bits per heavy atom. The van der Waals surface area contributed by atoms with Crippen molar-refractivity contribution < 1.29 is 19.0 Å². The number of nitrogens with zero attached hydrogens (tertiary/aromatic N) is 2. The summed E-state index contributed by atoms with van der Waals surface area (Å²) in [6.45, 7) is 0.303. The first-order chi connectivity index (χ1) is 11.8. The highest BCUT2D eigenvalue weighted by Gasteiger charge is 2.22. The number of fused-ring (bicyclic) bond motifs is 1. The molecule has 0 atom stereocenters. The van der Waals surface area contributed by atoms with E-state index in [1.54, 1.807) is 29.1 Å². The summed E-state index contributed by atoms with van der Waals surface area (Å²) in [5.74, 6) is 0.568. The summed E-state index contributed by atoms with van der Waals surface area (Å²) < 4.78 is 17.7. The summed E-state index contributed by atoms with van der Waals surface area (Å²) in [4.78, 5) is 12.3. The number of benzene rings is 2. The monoisotopic (exact) mass is 322 g/mol. The van der Waals surface area contributed by atoms with Gasteiger partial charge in [0.2, 0.25) is 6.79 Å². The minimum Gasteiger partial charge on any atom is -0.457 e. The van der Waals surface area contributed by atoms with Crippen LogP contribution in [0.25, 0.3) is 5.69 Å². The predicted molar refractivity (Wildman–Crippen MR) is 85.2 cm³/mol. The lowest BCUT2D eigenvalue weighted by atomic mass is 10.2. The molecule has 0 unspecified atom stereocenters. The molecule has 1 aliphatic heterocycles. The van der Waals surface area contributed by atoms with Crippen molar-refractivity contribution in [1.82, 2.24) is 9.78 Å². The summed E-state index contributed by atoms with van der Waals surface area (Å²) in [6.07, 6.45) is 3.59. The van der Waals surface area contributed by atoms with Gasteiger partial charge in [-0.05, 0) is 35.9 Å². The zero-order valence-electron chi connectivity index (χ0n) is 12.7. The van der Waals surface area contributed by atoms with E-state index in [2.05, 4.69) is 5.10 Å². The number of carbonyl (C=O) groups is 1. The molecule has 0 fully saturated rings. The Kier molecular flexibility index (Phi) is 3.63. The fraction of sp³-hybridized carbons (Fsp3) is 0.111. The smallest absolute Gasteiger partial charge is 0.342 e. The van der Waals surface area contributed by atoms with Crippen molar-refractivity contribution >= 4 is 5.97 Å². The third-order valence-corrected chi connectivity index (χ3v) is 3.69. The largest absolute Gasteiger partial charge is 0.457 e. The zero-order valence-corrected chi connectivity index (χ0v) is 12.7. The standard InChI is InChI=1S/C18H14N2O4/c21-18(15-3-1-4-16-17(15)24-12-23-16)22-11-13-5-7-14(8-6-13)20-10-2-9-19-20/h1-10H,11-12H2. The topological polar surface area (TPSA) is 62.6 Å². The van der Waals surface area contributed by atoms with Gasteiger partial charge in [0, 0.05) is 12.4 Å². The van der Waals surface area contributed by atoms with Crippen LogP contribution in [-0.2, 0) is 11.3 Å². The van der Waals surface area contributed by atoms with E-state index >= 15 is 0 Å². The van der Waals surface area contributed by atoms with Crippen molar-refractivity contribution in [2.75, 3.05) is 6.79 Å². The van der Waals surface area contributed by atoms with Crippen LogP contribution in [0.4, 0.5) is 0 Å². The molecule has 0 aliphatic carbocycles. The molecular formula is C18H14N2O4. The molecule has 0 spiro atoms. The van der Waals surface area contributed by atoms with E-state index in [4.69, 9.17) is 14.2 Å². The molecular weight excluding hydrogens is 308 g/mol. The van der Waals surface area contributed by atoms with Crippen LogP contribution in [0.15, 0.2) is 60.9 Å². The molecule has 0 radical (unpaired) electrons. The molecule has 0 saturated heterocycles. The van der Waals surface area contributed by atoms with Gasteiger partial charge in [-0.15, -0.1) is 0 Å². The zero-order chi connectivity index (χ0) is 16.4. The van der Waals surface area contributed by atoms with Gasteiger partial charge in [-0.3, -0.25) is 0 Å². The molecule has 1 aliphatic rings. The molecule has 2 heterocycles. The van der Waals surface area contributed by atoms with Crippen molar-refractivity contribution in [2.24, 2.45) is 0 Å². The predicted octanol–water partition coefficient (Wildman–Crippen LogP) is 2.96. The molecule has 6 nitrogen and oxygen atoms in total. The molecule has 0 N–H and O–H groups in total. The quantitative estimate of drug-likeness (QED) is 0.691. The lowest BCUT2D eigenvalue weighted by Crippen LogP contribution is -2.06. The minimum atomic E-state index is -0.437. The third kappa shape index (κ3) is 2.69. The Hall–Kier alpha value is -3.28. The van der Waals surface area contributed by atoms with Crippen LogP contribution in [0.3, 0.4) is 0 Å². The van der Waals surface area contributed by atoms with Gasteiger partial charge in [0.05, 0.1) is 5.69 Å². The van der Waals surface area contributed by atoms with Gasteiger partial charge >= 0.3 is 5.97 Å². The van der Waals surface area contributed by atoms with Gasteiger partial charge in [-0.2, -0.15) is 5.10 Å². The first kappa shape index (κ1) is 14.3.